The molecule has 0 fully saturated rings. The van der Waals surface area contributed by atoms with E-state index in [4.69, 9.17) is 4.74 Å². The summed E-state index contributed by atoms with van der Waals surface area (Å²) in [6.45, 7) is -0.979. The molecule has 1 aliphatic heterocycles. The van der Waals surface area contributed by atoms with Crippen LogP contribution in [-0.2, 0) is 16.0 Å². The third kappa shape index (κ3) is 4.65. The second-order valence-corrected chi connectivity index (χ2v) is 6.89. The van der Waals surface area contributed by atoms with Gasteiger partial charge in [0.1, 0.15) is 11.6 Å². The van der Waals surface area contributed by atoms with E-state index in [-0.39, 0.29) is 29.5 Å². The molecule has 11 heteroatoms. The quantitative estimate of drug-likeness (QED) is 0.425. The number of amides is 1. The lowest BCUT2D eigenvalue weighted by Gasteiger charge is -2.14. The van der Waals surface area contributed by atoms with Gasteiger partial charge in [0.05, 0.1) is 24.3 Å². The molecular weight excluding hydrogens is 399 g/mol. The first-order chi connectivity index (χ1) is 13.3. The lowest BCUT2D eigenvalue weighted by Crippen LogP contribution is -2.25. The summed E-state index contributed by atoms with van der Waals surface area (Å²) in [7, 11) is 1.55. The second kappa shape index (κ2) is 8.23. The third-order valence-electron chi connectivity index (χ3n) is 3.76. The topological polar surface area (TPSA) is 82.4 Å². The smallest absolute Gasteiger partial charge is 0.422 e. The number of aromatic nitrogens is 2. The molecule has 1 amide bonds. The van der Waals surface area contributed by atoms with Gasteiger partial charge in [-0.3, -0.25) is 14.2 Å². The first kappa shape index (κ1) is 20.2. The highest BCUT2D eigenvalue weighted by atomic mass is 32.2. The molecular formula is C17H16F3N3O4S. The van der Waals surface area contributed by atoms with Crippen molar-refractivity contribution in [2.24, 2.45) is 0 Å². The van der Waals surface area contributed by atoms with E-state index in [1.165, 1.54) is 40.6 Å². The highest BCUT2D eigenvalue weighted by Crippen LogP contribution is 2.26. The number of rotatable bonds is 7. The Balaban J connectivity index is 1.94. The number of anilines is 1. The van der Waals surface area contributed by atoms with Gasteiger partial charge in [-0.25, -0.2) is 4.98 Å². The van der Waals surface area contributed by atoms with Gasteiger partial charge in [0.25, 0.3) is 5.56 Å². The summed E-state index contributed by atoms with van der Waals surface area (Å²) < 4.78 is 47.8. The van der Waals surface area contributed by atoms with Crippen molar-refractivity contribution < 1.29 is 27.4 Å². The van der Waals surface area contributed by atoms with Crippen LogP contribution in [0.3, 0.4) is 0 Å². The standard InChI is InChI=1S/C17H16F3N3O4S/c1-26-6-7-28-16-22-14-12(8-13(24)21-14)15(25)23(16)10-2-4-11(5-3-10)27-9-17(18,19)20/h2-5H,6-9H2,1H3,(H,21,24). The number of benzene rings is 1. The van der Waals surface area contributed by atoms with Crippen molar-refractivity contribution in [1.29, 1.82) is 0 Å². The zero-order valence-electron chi connectivity index (χ0n) is 14.7. The van der Waals surface area contributed by atoms with E-state index in [1.54, 1.807) is 7.11 Å². The first-order valence-electron chi connectivity index (χ1n) is 8.16. The second-order valence-electron chi connectivity index (χ2n) is 5.83. The number of hydrogen-bond acceptors (Lipinski definition) is 6. The number of nitrogens with one attached hydrogen (secondary N) is 1. The van der Waals surface area contributed by atoms with E-state index < -0.39 is 18.3 Å². The van der Waals surface area contributed by atoms with Crippen LogP contribution in [-0.4, -0.2) is 47.7 Å². The average Bonchev–Trinajstić information content (AvgIpc) is 3.01. The monoisotopic (exact) mass is 415 g/mol. The fourth-order valence-electron chi connectivity index (χ4n) is 2.53. The first-order valence-corrected chi connectivity index (χ1v) is 9.14. The number of hydrogen-bond donors (Lipinski definition) is 1. The van der Waals surface area contributed by atoms with E-state index >= 15 is 0 Å². The lowest BCUT2D eigenvalue weighted by molar-refractivity contribution is -0.153. The molecule has 2 heterocycles. The maximum absolute atomic E-state index is 12.9. The number of thioether (sulfide) groups is 1. The zero-order chi connectivity index (χ0) is 20.3. The molecule has 0 saturated carbocycles. The van der Waals surface area contributed by atoms with Crippen molar-refractivity contribution in [3.63, 3.8) is 0 Å². The van der Waals surface area contributed by atoms with Crippen molar-refractivity contribution in [2.75, 3.05) is 31.4 Å². The highest BCUT2D eigenvalue weighted by molar-refractivity contribution is 7.99. The Bertz CT molecular complexity index is 929. The number of fused-ring (bicyclic) bond motifs is 1. The predicted molar refractivity (Wildman–Crippen MR) is 96.3 cm³/mol. The molecule has 0 unspecified atom stereocenters. The van der Waals surface area contributed by atoms with Crippen LogP contribution in [0.25, 0.3) is 5.69 Å². The maximum atomic E-state index is 12.9. The molecule has 0 bridgehead atoms. The Morgan fingerprint density at radius 1 is 1.25 bits per heavy atom. The van der Waals surface area contributed by atoms with E-state index in [2.05, 4.69) is 15.0 Å². The van der Waals surface area contributed by atoms with Crippen molar-refractivity contribution in [3.05, 3.63) is 40.2 Å². The molecule has 3 rings (SSSR count). The summed E-state index contributed by atoms with van der Waals surface area (Å²) in [5, 5.41) is 2.89. The number of carbonyl (C=O) groups is 1. The molecule has 1 aromatic heterocycles. The molecule has 0 saturated heterocycles. The average molecular weight is 415 g/mol. The van der Waals surface area contributed by atoms with Gasteiger partial charge in [0.15, 0.2) is 11.8 Å². The molecule has 0 aliphatic carbocycles. The number of carbonyl (C=O) groups excluding carboxylic acids is 1. The molecule has 0 atom stereocenters. The Morgan fingerprint density at radius 3 is 2.61 bits per heavy atom. The third-order valence-corrected chi connectivity index (χ3v) is 4.66. The van der Waals surface area contributed by atoms with E-state index in [1.807, 2.05) is 0 Å². The van der Waals surface area contributed by atoms with Crippen molar-refractivity contribution in [2.45, 2.75) is 17.8 Å². The predicted octanol–water partition coefficient (Wildman–Crippen LogP) is 2.41. The minimum atomic E-state index is -4.44. The van der Waals surface area contributed by atoms with Crippen LogP contribution in [0.2, 0.25) is 0 Å². The summed E-state index contributed by atoms with van der Waals surface area (Å²) >= 11 is 1.26. The molecule has 150 valence electrons. The van der Waals surface area contributed by atoms with Gasteiger partial charge >= 0.3 is 6.18 Å². The summed E-state index contributed by atoms with van der Waals surface area (Å²) in [6, 6.07) is 5.61. The molecule has 2 aromatic rings. The molecule has 0 spiro atoms. The Kier molecular flexibility index (Phi) is 5.94. The number of halogens is 3. The molecule has 7 nitrogen and oxygen atoms in total. The summed E-state index contributed by atoms with van der Waals surface area (Å²) in [6.07, 6.45) is -4.51. The molecule has 1 aromatic carbocycles. The number of ether oxygens (including phenoxy) is 2. The van der Waals surface area contributed by atoms with Crippen LogP contribution in [0.1, 0.15) is 5.56 Å². The van der Waals surface area contributed by atoms with Gasteiger partial charge < -0.3 is 14.8 Å². The van der Waals surface area contributed by atoms with Crippen LogP contribution in [0.15, 0.2) is 34.2 Å². The molecule has 1 aliphatic rings. The fourth-order valence-corrected chi connectivity index (χ4v) is 3.44. The van der Waals surface area contributed by atoms with Crippen LogP contribution in [0.5, 0.6) is 5.75 Å². The molecule has 28 heavy (non-hydrogen) atoms. The minimum absolute atomic E-state index is 0.0219. The zero-order valence-corrected chi connectivity index (χ0v) is 15.5. The largest absolute Gasteiger partial charge is 0.484 e. The molecule has 1 N–H and O–H groups in total. The highest BCUT2D eigenvalue weighted by Gasteiger charge is 2.29. The molecule has 0 radical (unpaired) electrons. The van der Waals surface area contributed by atoms with Crippen molar-refractivity contribution in [3.8, 4) is 11.4 Å². The number of alkyl halides is 3. The summed E-state index contributed by atoms with van der Waals surface area (Å²) in [5.41, 5.74) is 0.240. The van der Waals surface area contributed by atoms with Gasteiger partial charge in [-0.1, -0.05) is 11.8 Å². The van der Waals surface area contributed by atoms with Crippen molar-refractivity contribution >= 4 is 23.5 Å². The van der Waals surface area contributed by atoms with Gasteiger partial charge in [-0.2, -0.15) is 13.2 Å². The lowest BCUT2D eigenvalue weighted by atomic mass is 10.2. The van der Waals surface area contributed by atoms with Crippen molar-refractivity contribution in [1.82, 2.24) is 9.55 Å². The van der Waals surface area contributed by atoms with Crippen LogP contribution in [0.4, 0.5) is 19.0 Å². The SMILES string of the molecule is COCCSc1nc2c(c(=O)n1-c1ccc(OCC(F)(F)F)cc1)CC(=O)N2. The van der Waals surface area contributed by atoms with E-state index in [0.717, 1.165) is 0 Å². The minimum Gasteiger partial charge on any atom is -0.484 e. The maximum Gasteiger partial charge on any atom is 0.422 e. The Labute approximate surface area is 161 Å². The van der Waals surface area contributed by atoms with Crippen LogP contribution < -0.4 is 15.6 Å². The summed E-state index contributed by atoms with van der Waals surface area (Å²) in [5.74, 6) is 0.452. The van der Waals surface area contributed by atoms with Crippen LogP contribution in [0, 0.1) is 0 Å². The van der Waals surface area contributed by atoms with Gasteiger partial charge in [-0.05, 0) is 24.3 Å². The number of methoxy groups -OCH3 is 1. The summed E-state index contributed by atoms with van der Waals surface area (Å²) in [4.78, 5) is 28.9. The Hall–Kier alpha value is -2.53. The van der Waals surface area contributed by atoms with Gasteiger partial charge in [0.2, 0.25) is 5.91 Å². The fraction of sp³-hybridized carbons (Fsp3) is 0.353. The van der Waals surface area contributed by atoms with Gasteiger partial charge in [-0.15, -0.1) is 0 Å². The Morgan fingerprint density at radius 2 is 1.96 bits per heavy atom. The van der Waals surface area contributed by atoms with Gasteiger partial charge in [0, 0.05) is 12.9 Å². The normalized spacial score (nSPS) is 13.4. The van der Waals surface area contributed by atoms with E-state index in [9.17, 15) is 22.8 Å². The van der Waals surface area contributed by atoms with E-state index in [0.29, 0.717) is 23.2 Å². The van der Waals surface area contributed by atoms with Crippen LogP contribution >= 0.6 is 11.8 Å². The number of nitrogens with zero attached hydrogens (tertiary/aromatic N) is 2.